The first-order valence-corrected chi connectivity index (χ1v) is 10.7. The third kappa shape index (κ3) is 5.44. The molecule has 0 saturated carbocycles. The highest BCUT2D eigenvalue weighted by Gasteiger charge is 2.26. The summed E-state index contributed by atoms with van der Waals surface area (Å²) >= 11 is 0. The number of hydrogen-bond donors (Lipinski definition) is 2. The van der Waals surface area contributed by atoms with E-state index < -0.39 is 0 Å². The smallest absolute Gasteiger partial charge is 0.228 e. The molecule has 0 aromatic heterocycles. The van der Waals surface area contributed by atoms with E-state index in [9.17, 15) is 9.90 Å². The maximum Gasteiger partial charge on any atom is 0.228 e. The Bertz CT molecular complexity index is 1030. The quantitative estimate of drug-likeness (QED) is 0.599. The molecule has 5 heteroatoms. The zero-order valence-electron chi connectivity index (χ0n) is 17.8. The molecule has 3 aromatic rings. The van der Waals surface area contributed by atoms with Gasteiger partial charge >= 0.3 is 0 Å². The van der Waals surface area contributed by atoms with Crippen molar-refractivity contribution in [3.63, 3.8) is 0 Å². The van der Waals surface area contributed by atoms with Crippen LogP contribution in [0.5, 0.6) is 11.5 Å². The van der Waals surface area contributed by atoms with Gasteiger partial charge in [0, 0.05) is 18.8 Å². The number of hydrogen-bond acceptors (Lipinski definition) is 4. The lowest BCUT2D eigenvalue weighted by Crippen LogP contribution is -2.40. The molecule has 0 bridgehead atoms. The number of ether oxygens (including phenoxy) is 1. The van der Waals surface area contributed by atoms with Crippen molar-refractivity contribution in [2.24, 2.45) is 5.92 Å². The molecule has 0 radical (unpaired) electrons. The molecule has 1 saturated heterocycles. The second kappa shape index (κ2) is 9.67. The minimum Gasteiger partial charge on any atom is -0.508 e. The molecule has 160 valence electrons. The maximum absolute atomic E-state index is 12.9. The molecule has 0 spiro atoms. The van der Waals surface area contributed by atoms with E-state index in [1.165, 1.54) is 0 Å². The first-order valence-electron chi connectivity index (χ1n) is 10.7. The highest BCUT2D eigenvalue weighted by Crippen LogP contribution is 2.26. The topological polar surface area (TPSA) is 61.8 Å². The van der Waals surface area contributed by atoms with E-state index in [0.29, 0.717) is 0 Å². The normalized spacial score (nSPS) is 16.6. The van der Waals surface area contributed by atoms with E-state index in [1.807, 2.05) is 60.7 Å². The number of nitrogens with one attached hydrogen (secondary N) is 1. The van der Waals surface area contributed by atoms with Gasteiger partial charge in [0.1, 0.15) is 11.5 Å². The number of rotatable bonds is 6. The number of methoxy groups -OCH3 is 1. The van der Waals surface area contributed by atoms with E-state index in [2.05, 4.69) is 10.2 Å². The van der Waals surface area contributed by atoms with Gasteiger partial charge in [-0.05, 0) is 72.5 Å². The van der Waals surface area contributed by atoms with Crippen LogP contribution in [0.25, 0.3) is 11.1 Å². The summed E-state index contributed by atoms with van der Waals surface area (Å²) in [5.41, 5.74) is 4.02. The number of anilines is 1. The molecule has 3 aromatic carbocycles. The van der Waals surface area contributed by atoms with Crippen LogP contribution in [0.4, 0.5) is 5.69 Å². The van der Waals surface area contributed by atoms with Crippen molar-refractivity contribution in [2.75, 3.05) is 25.5 Å². The van der Waals surface area contributed by atoms with E-state index in [0.717, 1.165) is 60.6 Å². The van der Waals surface area contributed by atoms with E-state index in [4.69, 9.17) is 4.74 Å². The Morgan fingerprint density at radius 1 is 1.06 bits per heavy atom. The molecule has 1 unspecified atom stereocenters. The van der Waals surface area contributed by atoms with Crippen LogP contribution in [0.3, 0.4) is 0 Å². The maximum atomic E-state index is 12.9. The molecule has 5 nitrogen and oxygen atoms in total. The lowest BCUT2D eigenvalue weighted by atomic mass is 9.96. The Hall–Kier alpha value is -3.31. The van der Waals surface area contributed by atoms with Crippen LogP contribution in [0.1, 0.15) is 18.4 Å². The number of phenolic OH excluding ortho intramolecular Hbond substituents is 1. The minimum absolute atomic E-state index is 0.0379. The molecule has 2 N–H and O–H groups in total. The van der Waals surface area contributed by atoms with Gasteiger partial charge in [-0.3, -0.25) is 9.69 Å². The largest absolute Gasteiger partial charge is 0.508 e. The summed E-state index contributed by atoms with van der Waals surface area (Å²) in [6.45, 7) is 2.44. The van der Waals surface area contributed by atoms with Crippen LogP contribution in [0.15, 0.2) is 72.8 Å². The number of amides is 1. The fourth-order valence-corrected chi connectivity index (χ4v) is 4.12. The fourth-order valence-electron chi connectivity index (χ4n) is 4.12. The van der Waals surface area contributed by atoms with Crippen molar-refractivity contribution in [1.82, 2.24) is 4.90 Å². The summed E-state index contributed by atoms with van der Waals surface area (Å²) < 4.78 is 5.30. The van der Waals surface area contributed by atoms with Gasteiger partial charge in [0.05, 0.1) is 13.0 Å². The zero-order valence-corrected chi connectivity index (χ0v) is 17.8. The molecule has 1 atom stereocenters. The van der Waals surface area contributed by atoms with Gasteiger partial charge in [-0.2, -0.15) is 0 Å². The first kappa shape index (κ1) is 20.9. The van der Waals surface area contributed by atoms with E-state index >= 15 is 0 Å². The number of carbonyl (C=O) groups is 1. The predicted molar refractivity (Wildman–Crippen MR) is 123 cm³/mol. The summed E-state index contributed by atoms with van der Waals surface area (Å²) in [5.74, 6) is 1.13. The number of benzene rings is 3. The molecule has 1 amide bonds. The number of phenols is 1. The standard InChI is InChI=1S/C26H28N2O3/c1-31-25-9-3-6-21(16-25)20-10-12-23(13-11-20)27-26(30)22-7-4-14-28(18-22)17-19-5-2-8-24(29)15-19/h2-3,5-6,8-13,15-16,22,29H,4,7,14,17-18H2,1H3,(H,27,30). The third-order valence-electron chi connectivity index (χ3n) is 5.75. The van der Waals surface area contributed by atoms with Crippen LogP contribution in [0.2, 0.25) is 0 Å². The zero-order chi connectivity index (χ0) is 21.6. The summed E-state index contributed by atoms with van der Waals surface area (Å²) in [7, 11) is 1.66. The van der Waals surface area contributed by atoms with Crippen molar-refractivity contribution in [3.05, 3.63) is 78.4 Å². The summed E-state index contributed by atoms with van der Waals surface area (Å²) in [4.78, 5) is 15.1. The van der Waals surface area contributed by atoms with Crippen molar-refractivity contribution in [1.29, 1.82) is 0 Å². The van der Waals surface area contributed by atoms with Crippen LogP contribution >= 0.6 is 0 Å². The van der Waals surface area contributed by atoms with Gasteiger partial charge < -0.3 is 15.2 Å². The van der Waals surface area contributed by atoms with Crippen molar-refractivity contribution >= 4 is 11.6 Å². The SMILES string of the molecule is COc1cccc(-c2ccc(NC(=O)C3CCCN(Cc4cccc(O)c4)C3)cc2)c1. The fraction of sp³-hybridized carbons (Fsp3) is 0.269. The number of nitrogens with zero attached hydrogens (tertiary/aromatic N) is 1. The molecule has 1 aliphatic rings. The van der Waals surface area contributed by atoms with Gasteiger partial charge in [0.2, 0.25) is 5.91 Å². The van der Waals surface area contributed by atoms with Gasteiger partial charge in [0.25, 0.3) is 0 Å². The Kier molecular flexibility index (Phi) is 6.53. The molecular weight excluding hydrogens is 388 g/mol. The lowest BCUT2D eigenvalue weighted by Gasteiger charge is -2.32. The van der Waals surface area contributed by atoms with Crippen molar-refractivity contribution in [2.45, 2.75) is 19.4 Å². The average molecular weight is 417 g/mol. The Morgan fingerprint density at radius 2 is 1.87 bits per heavy atom. The predicted octanol–water partition coefficient (Wildman–Crippen LogP) is 4.92. The molecule has 0 aliphatic carbocycles. The van der Waals surface area contributed by atoms with Crippen molar-refractivity contribution in [3.8, 4) is 22.6 Å². The van der Waals surface area contributed by atoms with Gasteiger partial charge in [-0.15, -0.1) is 0 Å². The van der Waals surface area contributed by atoms with Gasteiger partial charge in [-0.1, -0.05) is 36.4 Å². The number of likely N-dealkylation sites (tertiary alicyclic amines) is 1. The average Bonchev–Trinajstić information content (AvgIpc) is 2.80. The summed E-state index contributed by atoms with van der Waals surface area (Å²) in [6.07, 6.45) is 1.88. The first-order chi connectivity index (χ1) is 15.1. The lowest BCUT2D eigenvalue weighted by molar-refractivity contribution is -0.121. The molecule has 1 aliphatic heterocycles. The highest BCUT2D eigenvalue weighted by atomic mass is 16.5. The Labute approximate surface area is 183 Å². The number of aromatic hydroxyl groups is 1. The molecular formula is C26H28N2O3. The summed E-state index contributed by atoms with van der Waals surface area (Å²) in [5, 5.41) is 12.8. The van der Waals surface area contributed by atoms with Crippen LogP contribution in [0, 0.1) is 5.92 Å². The van der Waals surface area contributed by atoms with Gasteiger partial charge in [0.15, 0.2) is 0 Å². The molecule has 31 heavy (non-hydrogen) atoms. The van der Waals surface area contributed by atoms with Crippen molar-refractivity contribution < 1.29 is 14.6 Å². The minimum atomic E-state index is -0.0379. The summed E-state index contributed by atoms with van der Waals surface area (Å²) in [6, 6.07) is 23.2. The molecule has 4 rings (SSSR count). The Morgan fingerprint density at radius 3 is 2.65 bits per heavy atom. The molecule has 1 fully saturated rings. The second-order valence-corrected chi connectivity index (χ2v) is 8.04. The second-order valence-electron chi connectivity index (χ2n) is 8.04. The van der Waals surface area contributed by atoms with E-state index in [1.54, 1.807) is 19.2 Å². The van der Waals surface area contributed by atoms with Crippen LogP contribution in [-0.4, -0.2) is 36.1 Å². The van der Waals surface area contributed by atoms with Gasteiger partial charge in [-0.25, -0.2) is 0 Å². The third-order valence-corrected chi connectivity index (χ3v) is 5.75. The molecule has 1 heterocycles. The number of carbonyl (C=O) groups excluding carboxylic acids is 1. The van der Waals surface area contributed by atoms with Crippen LogP contribution < -0.4 is 10.1 Å². The Balaban J connectivity index is 1.36. The van der Waals surface area contributed by atoms with Crippen LogP contribution in [-0.2, 0) is 11.3 Å². The van der Waals surface area contributed by atoms with E-state index in [-0.39, 0.29) is 17.6 Å². The highest BCUT2D eigenvalue weighted by molar-refractivity contribution is 5.93. The number of piperidine rings is 1. The monoisotopic (exact) mass is 416 g/mol.